The SMILES string of the molecule is C=C(CO[Si](C(C)C)(C(C)C)C(C)C)[C@H](OCc1ccccc1)[C@@H](OCc1ccccc1)[C@@H](O)[C@H]1COC(C)(C)O1. The minimum atomic E-state index is -2.17. The van der Waals surface area contributed by atoms with E-state index in [0.29, 0.717) is 36.4 Å². The molecule has 0 unspecified atom stereocenters. The lowest BCUT2D eigenvalue weighted by atomic mass is 9.97. The Labute approximate surface area is 249 Å². The fraction of sp³-hybridized carbons (Fsp3) is 0.588. The van der Waals surface area contributed by atoms with Gasteiger partial charge in [-0.3, -0.25) is 0 Å². The first-order valence-corrected chi connectivity index (χ1v) is 17.1. The van der Waals surface area contributed by atoms with Crippen molar-refractivity contribution in [1.29, 1.82) is 0 Å². The summed E-state index contributed by atoms with van der Waals surface area (Å²) in [5.74, 6) is -0.785. The van der Waals surface area contributed by atoms with E-state index in [0.717, 1.165) is 16.7 Å². The first kappa shape index (κ1) is 33.7. The third kappa shape index (κ3) is 8.83. The van der Waals surface area contributed by atoms with E-state index in [1.165, 1.54) is 0 Å². The molecule has 6 nitrogen and oxygen atoms in total. The predicted molar refractivity (Wildman–Crippen MR) is 167 cm³/mol. The van der Waals surface area contributed by atoms with Gasteiger partial charge >= 0.3 is 0 Å². The van der Waals surface area contributed by atoms with Gasteiger partial charge in [-0.1, -0.05) is 109 Å². The highest BCUT2D eigenvalue weighted by atomic mass is 28.4. The second-order valence-electron chi connectivity index (χ2n) is 12.6. The molecule has 0 spiro atoms. The van der Waals surface area contributed by atoms with Gasteiger partial charge in [0.15, 0.2) is 5.79 Å². The van der Waals surface area contributed by atoms with Crippen LogP contribution in [0, 0.1) is 0 Å². The summed E-state index contributed by atoms with van der Waals surface area (Å²) >= 11 is 0. The van der Waals surface area contributed by atoms with Crippen molar-refractivity contribution in [2.45, 2.75) is 115 Å². The van der Waals surface area contributed by atoms with Gasteiger partial charge in [-0.05, 0) is 47.2 Å². The predicted octanol–water partition coefficient (Wildman–Crippen LogP) is 7.42. The zero-order valence-electron chi connectivity index (χ0n) is 26.3. The first-order chi connectivity index (χ1) is 19.4. The Hall–Kier alpha value is -1.84. The van der Waals surface area contributed by atoms with Gasteiger partial charge in [0.2, 0.25) is 8.32 Å². The number of rotatable bonds is 16. The maximum absolute atomic E-state index is 11.7. The number of benzene rings is 2. The van der Waals surface area contributed by atoms with Gasteiger partial charge in [0.25, 0.3) is 0 Å². The number of ether oxygens (including phenoxy) is 4. The van der Waals surface area contributed by atoms with Crippen molar-refractivity contribution in [3.05, 3.63) is 83.9 Å². The van der Waals surface area contributed by atoms with Crippen LogP contribution in [0.2, 0.25) is 16.6 Å². The highest BCUT2D eigenvalue weighted by Gasteiger charge is 2.47. The minimum absolute atomic E-state index is 0.262. The maximum atomic E-state index is 11.7. The van der Waals surface area contributed by atoms with E-state index in [-0.39, 0.29) is 6.61 Å². The van der Waals surface area contributed by atoms with Crippen LogP contribution >= 0.6 is 0 Å². The van der Waals surface area contributed by atoms with Gasteiger partial charge in [0.1, 0.15) is 24.4 Å². The molecule has 0 aromatic heterocycles. The average Bonchev–Trinajstić information content (AvgIpc) is 3.30. The van der Waals surface area contributed by atoms with Crippen molar-refractivity contribution in [3.8, 4) is 0 Å². The van der Waals surface area contributed by atoms with Crippen LogP contribution in [0.3, 0.4) is 0 Å². The number of aliphatic hydroxyl groups is 1. The Bertz CT molecular complexity index is 1030. The van der Waals surface area contributed by atoms with Crippen LogP contribution in [0.1, 0.15) is 66.5 Å². The van der Waals surface area contributed by atoms with E-state index in [2.05, 4.69) is 48.1 Å². The van der Waals surface area contributed by atoms with Crippen molar-refractivity contribution in [2.75, 3.05) is 13.2 Å². The van der Waals surface area contributed by atoms with Gasteiger partial charge in [-0.15, -0.1) is 0 Å². The monoisotopic (exact) mass is 584 g/mol. The molecule has 2 aromatic carbocycles. The smallest absolute Gasteiger partial charge is 0.200 e. The van der Waals surface area contributed by atoms with E-state index in [4.69, 9.17) is 23.4 Å². The molecule has 0 bridgehead atoms. The van der Waals surface area contributed by atoms with Crippen molar-refractivity contribution in [1.82, 2.24) is 0 Å². The van der Waals surface area contributed by atoms with E-state index in [1.807, 2.05) is 74.5 Å². The minimum Gasteiger partial charge on any atom is -0.412 e. The molecule has 0 aliphatic carbocycles. The Balaban J connectivity index is 1.92. The van der Waals surface area contributed by atoms with Gasteiger partial charge in [-0.2, -0.15) is 0 Å². The molecule has 7 heteroatoms. The molecule has 0 amide bonds. The zero-order chi connectivity index (χ0) is 30.2. The van der Waals surface area contributed by atoms with Crippen LogP contribution in [-0.4, -0.2) is 56.8 Å². The number of hydrogen-bond acceptors (Lipinski definition) is 6. The van der Waals surface area contributed by atoms with Crippen molar-refractivity contribution in [3.63, 3.8) is 0 Å². The molecule has 0 saturated carbocycles. The third-order valence-electron chi connectivity index (χ3n) is 8.22. The van der Waals surface area contributed by atoms with E-state index in [9.17, 15) is 5.11 Å². The zero-order valence-corrected chi connectivity index (χ0v) is 27.3. The normalized spacial score (nSPS) is 19.6. The summed E-state index contributed by atoms with van der Waals surface area (Å²) in [7, 11) is -2.17. The molecular formula is C34H52O6Si. The summed E-state index contributed by atoms with van der Waals surface area (Å²) in [5, 5.41) is 11.7. The molecule has 1 aliphatic rings. The Kier molecular flexibility index (Phi) is 12.4. The molecular weight excluding hydrogens is 532 g/mol. The highest BCUT2D eigenvalue weighted by Crippen LogP contribution is 2.42. The van der Waals surface area contributed by atoms with E-state index >= 15 is 0 Å². The Morgan fingerprint density at radius 3 is 1.80 bits per heavy atom. The molecule has 2 aromatic rings. The third-order valence-corrected chi connectivity index (χ3v) is 14.3. The summed E-state index contributed by atoms with van der Waals surface area (Å²) in [6.07, 6.45) is -2.98. The summed E-state index contributed by atoms with van der Waals surface area (Å²) in [4.78, 5) is 0. The van der Waals surface area contributed by atoms with Crippen LogP contribution in [0.4, 0.5) is 0 Å². The molecule has 1 saturated heterocycles. The molecule has 1 heterocycles. The Morgan fingerprint density at radius 2 is 1.37 bits per heavy atom. The largest absolute Gasteiger partial charge is 0.412 e. The lowest BCUT2D eigenvalue weighted by molar-refractivity contribution is -0.181. The molecule has 4 atom stereocenters. The van der Waals surface area contributed by atoms with Crippen LogP contribution in [0.5, 0.6) is 0 Å². The quantitative estimate of drug-likeness (QED) is 0.164. The lowest BCUT2D eigenvalue weighted by Crippen LogP contribution is -2.51. The molecule has 1 aliphatic heterocycles. The molecule has 3 rings (SSSR count). The van der Waals surface area contributed by atoms with Crippen LogP contribution in [0.15, 0.2) is 72.8 Å². The lowest BCUT2D eigenvalue weighted by Gasteiger charge is -2.43. The molecule has 41 heavy (non-hydrogen) atoms. The van der Waals surface area contributed by atoms with Gasteiger partial charge in [-0.25, -0.2) is 0 Å². The van der Waals surface area contributed by atoms with Gasteiger partial charge < -0.3 is 28.5 Å². The van der Waals surface area contributed by atoms with Gasteiger partial charge in [0.05, 0.1) is 26.4 Å². The fourth-order valence-corrected chi connectivity index (χ4v) is 11.7. The first-order valence-electron chi connectivity index (χ1n) is 15.0. The highest BCUT2D eigenvalue weighted by molar-refractivity contribution is 6.77. The molecule has 0 radical (unpaired) electrons. The van der Waals surface area contributed by atoms with Crippen LogP contribution < -0.4 is 0 Å². The summed E-state index contributed by atoms with van der Waals surface area (Å²) < 4.78 is 31.9. The second kappa shape index (κ2) is 15.1. The average molecular weight is 585 g/mol. The van der Waals surface area contributed by atoms with Gasteiger partial charge in [0, 0.05) is 0 Å². The van der Waals surface area contributed by atoms with E-state index in [1.54, 1.807) is 0 Å². The number of hydrogen-bond donors (Lipinski definition) is 1. The van der Waals surface area contributed by atoms with E-state index < -0.39 is 38.5 Å². The summed E-state index contributed by atoms with van der Waals surface area (Å²) in [6.45, 7) is 23.1. The molecule has 1 N–H and O–H groups in total. The van der Waals surface area contributed by atoms with Crippen LogP contribution in [-0.2, 0) is 36.6 Å². The number of aliphatic hydroxyl groups excluding tert-OH is 1. The van der Waals surface area contributed by atoms with Crippen molar-refractivity contribution < 1.29 is 28.5 Å². The summed E-state index contributed by atoms with van der Waals surface area (Å²) in [5.41, 5.74) is 4.07. The van der Waals surface area contributed by atoms with Crippen molar-refractivity contribution in [2.24, 2.45) is 0 Å². The van der Waals surface area contributed by atoms with Crippen molar-refractivity contribution >= 4 is 8.32 Å². The summed E-state index contributed by atoms with van der Waals surface area (Å²) in [6, 6.07) is 20.0. The second-order valence-corrected chi connectivity index (χ2v) is 18.1. The maximum Gasteiger partial charge on any atom is 0.200 e. The molecule has 228 valence electrons. The molecule has 1 fully saturated rings. The Morgan fingerprint density at radius 1 is 0.878 bits per heavy atom. The fourth-order valence-electron chi connectivity index (χ4n) is 6.23. The van der Waals surface area contributed by atoms with Crippen LogP contribution in [0.25, 0.3) is 0 Å². The topological polar surface area (TPSA) is 66.4 Å². The standard InChI is InChI=1S/C34H52O6Si/c1-24(2)41(25(3)4,26(5)6)39-20-27(7)32(36-21-28-16-12-10-13-17-28)33(37-22-29-18-14-11-15-19-29)31(35)30-23-38-34(8,9)40-30/h10-19,24-26,30-33,35H,7,20-23H2,1-6,8-9H3/t30-,31+,32+,33+/m1/s1.